The van der Waals surface area contributed by atoms with Gasteiger partial charge in [0.1, 0.15) is 31.3 Å². The summed E-state index contributed by atoms with van der Waals surface area (Å²) in [5.41, 5.74) is 4.84. The number of benzene rings is 4. The number of nitrogens with one attached hydrogen (secondary N) is 3. The normalized spacial score (nSPS) is 19.8. The number of hydrogen-bond donors (Lipinski definition) is 4. The number of fused-ring (bicyclic) bond motifs is 9. The third-order valence-electron chi connectivity index (χ3n) is 16.2. The summed E-state index contributed by atoms with van der Waals surface area (Å²) in [6.07, 6.45) is -9.05. The van der Waals surface area contributed by atoms with Crippen molar-refractivity contribution in [3.63, 3.8) is 0 Å². The van der Waals surface area contributed by atoms with Crippen molar-refractivity contribution in [1.29, 1.82) is 0 Å². The molecule has 0 unspecified atom stereocenters. The monoisotopic (exact) mass is 1240 g/mol. The van der Waals surface area contributed by atoms with Crippen LogP contribution in [0.1, 0.15) is 105 Å². The first-order chi connectivity index (χ1) is 43.3. The Hall–Kier alpha value is -10.1. The lowest BCUT2D eigenvalue weighted by Gasteiger charge is -2.43. The number of cyclic esters (lactones) is 1. The lowest BCUT2D eigenvalue weighted by atomic mass is 9.86. The maximum atomic E-state index is 14.2. The number of nitrogens with zero attached hydrogens (tertiary/aromatic N) is 2. The van der Waals surface area contributed by atoms with E-state index in [0.717, 1.165) is 62.1 Å². The van der Waals surface area contributed by atoms with Gasteiger partial charge in [0.25, 0.3) is 5.56 Å². The number of carbonyl (C=O) groups excluding carboxylic acids is 8. The number of alkyl carbamates (subject to hydrolysis) is 1. The lowest BCUT2D eigenvalue weighted by Crippen LogP contribution is -2.64. The van der Waals surface area contributed by atoms with Crippen LogP contribution < -0.4 is 35.7 Å². The quantitative estimate of drug-likeness (QED) is 0.0475. The van der Waals surface area contributed by atoms with E-state index in [1.165, 1.54) is 22.8 Å². The van der Waals surface area contributed by atoms with E-state index in [0.29, 0.717) is 40.7 Å². The fourth-order valence-electron chi connectivity index (χ4n) is 12.0. The number of ether oxygens (including phenoxy) is 11. The standard InChI is InChI=1S/C64H63N5O21/c1-7-9-14-39-40-26-69-46(24-43-42(58(69)74)29-81-61(76)64(43,79)8-2)51(40)67-45-25-48-53(85-30-84-48)52(50(39)45)68-63(78)82-27-34-19-20-47(89-60-57(88-33(5)72)55(87-32(4)71)54(86-31(3)70)56(90-60)59(75)80-6)44(23-34)66-49(73)21-22-65-62(77)83-28-41-37-17-12-10-15-35(37)36-16-11-13-18-38(36)41/h10-13,15-20,23-25,41,54-57,60,79H,7-9,14,21-22,26-30H2,1-6H3,(H,65,77)(H,66,73)(H,68,78)/t54-,55-,56-,57+,60+,64-/m0/s1. The van der Waals surface area contributed by atoms with Crippen LogP contribution in [0.15, 0.2) is 83.7 Å². The number of anilines is 2. The van der Waals surface area contributed by atoms with Crippen LogP contribution >= 0.6 is 0 Å². The van der Waals surface area contributed by atoms with Crippen molar-refractivity contribution < 1.29 is 95.6 Å². The highest BCUT2D eigenvalue weighted by Gasteiger charge is 2.56. The first-order valence-electron chi connectivity index (χ1n) is 29.1. The minimum atomic E-state index is -2.05. The molecule has 26 nitrogen and oxygen atoms in total. The third-order valence-corrected chi connectivity index (χ3v) is 16.2. The number of pyridine rings is 2. The van der Waals surface area contributed by atoms with Crippen LogP contribution in [0.5, 0.6) is 17.2 Å². The van der Waals surface area contributed by atoms with Crippen LogP contribution in [0.2, 0.25) is 0 Å². The number of amides is 3. The van der Waals surface area contributed by atoms with Gasteiger partial charge in [-0.3, -0.25) is 29.3 Å². The molecular weight excluding hydrogens is 1170 g/mol. The summed E-state index contributed by atoms with van der Waals surface area (Å²) < 4.78 is 63.9. The molecule has 470 valence electrons. The fourth-order valence-corrected chi connectivity index (χ4v) is 12.0. The fraction of sp³-hybridized carbons (Fsp3) is 0.375. The van der Waals surface area contributed by atoms with E-state index < -0.39 is 96.4 Å². The molecule has 6 aromatic rings. The van der Waals surface area contributed by atoms with Crippen molar-refractivity contribution >= 4 is 70.2 Å². The van der Waals surface area contributed by atoms with Gasteiger partial charge in [0.15, 0.2) is 35.4 Å². The van der Waals surface area contributed by atoms with Gasteiger partial charge >= 0.3 is 42.0 Å². The molecule has 1 aliphatic carbocycles. The molecule has 0 spiro atoms. The zero-order valence-electron chi connectivity index (χ0n) is 49.8. The van der Waals surface area contributed by atoms with E-state index >= 15 is 0 Å². The van der Waals surface area contributed by atoms with E-state index in [-0.39, 0.29) is 97.2 Å². The molecule has 11 rings (SSSR count). The van der Waals surface area contributed by atoms with Crippen molar-refractivity contribution in [2.75, 3.05) is 37.7 Å². The second kappa shape index (κ2) is 25.6. The number of esters is 5. The Morgan fingerprint density at radius 2 is 1.49 bits per heavy atom. The molecule has 4 aromatic carbocycles. The maximum Gasteiger partial charge on any atom is 0.412 e. The van der Waals surface area contributed by atoms with E-state index in [1.807, 2.05) is 55.5 Å². The first-order valence-corrected chi connectivity index (χ1v) is 29.1. The van der Waals surface area contributed by atoms with Crippen molar-refractivity contribution in [3.8, 4) is 39.8 Å². The summed E-state index contributed by atoms with van der Waals surface area (Å²) >= 11 is 0. The van der Waals surface area contributed by atoms with Gasteiger partial charge < -0.3 is 72.4 Å². The number of unbranched alkanes of at least 4 members (excludes halogenated alkanes) is 1. The molecule has 0 bridgehead atoms. The second-order valence-electron chi connectivity index (χ2n) is 21.9. The van der Waals surface area contributed by atoms with Gasteiger partial charge in [0.2, 0.25) is 25.1 Å². The molecule has 90 heavy (non-hydrogen) atoms. The van der Waals surface area contributed by atoms with E-state index in [4.69, 9.17) is 57.1 Å². The van der Waals surface area contributed by atoms with Gasteiger partial charge in [0.05, 0.1) is 41.8 Å². The molecule has 26 heteroatoms. The van der Waals surface area contributed by atoms with Gasteiger partial charge in [0, 0.05) is 62.2 Å². The molecule has 6 atom stereocenters. The lowest BCUT2D eigenvalue weighted by molar-refractivity contribution is -0.282. The van der Waals surface area contributed by atoms with E-state index in [1.54, 1.807) is 19.1 Å². The zero-order valence-corrected chi connectivity index (χ0v) is 49.8. The van der Waals surface area contributed by atoms with Crippen molar-refractivity contribution in [2.45, 2.75) is 129 Å². The van der Waals surface area contributed by atoms with Crippen LogP contribution in [-0.2, 0) is 98.4 Å². The smallest absolute Gasteiger partial charge is 0.412 e. The average molecular weight is 1240 g/mol. The molecule has 4 N–H and O–H groups in total. The van der Waals surface area contributed by atoms with Crippen molar-refractivity contribution in [3.05, 3.63) is 128 Å². The Morgan fingerprint density at radius 1 is 0.789 bits per heavy atom. The summed E-state index contributed by atoms with van der Waals surface area (Å²) in [5.74, 6) is -5.40. The summed E-state index contributed by atoms with van der Waals surface area (Å²) in [4.78, 5) is 124. The van der Waals surface area contributed by atoms with E-state index in [9.17, 15) is 48.3 Å². The van der Waals surface area contributed by atoms with Gasteiger partial charge in [-0.05, 0) is 70.8 Å². The Balaban J connectivity index is 0.867. The number of aliphatic hydroxyl groups is 1. The molecular formula is C64H63N5O21. The van der Waals surface area contributed by atoms with Gasteiger partial charge in [-0.2, -0.15) is 0 Å². The van der Waals surface area contributed by atoms with Gasteiger partial charge in [-0.25, -0.2) is 24.2 Å². The highest BCUT2D eigenvalue weighted by Crippen LogP contribution is 2.50. The Labute approximate surface area is 513 Å². The summed E-state index contributed by atoms with van der Waals surface area (Å²) in [5, 5.41) is 20.2. The van der Waals surface area contributed by atoms with Crippen molar-refractivity contribution in [2.24, 2.45) is 0 Å². The van der Waals surface area contributed by atoms with Crippen LogP contribution in [-0.4, -0.2) is 120 Å². The topological polar surface area (TPSA) is 329 Å². The Kier molecular flexibility index (Phi) is 17.5. The summed E-state index contributed by atoms with van der Waals surface area (Å²) in [6, 6.07) is 23.2. The van der Waals surface area contributed by atoms with Crippen molar-refractivity contribution in [1.82, 2.24) is 14.9 Å². The molecule has 6 heterocycles. The number of aromatic nitrogens is 2. The number of hydrogen-bond acceptors (Lipinski definition) is 22. The minimum Gasteiger partial charge on any atom is -0.467 e. The molecule has 4 aliphatic heterocycles. The van der Waals surface area contributed by atoms with Crippen LogP contribution in [0.4, 0.5) is 21.0 Å². The Morgan fingerprint density at radius 3 is 2.18 bits per heavy atom. The highest BCUT2D eigenvalue weighted by molar-refractivity contribution is 6.07. The number of rotatable bonds is 19. The minimum absolute atomic E-state index is 0.0218. The summed E-state index contributed by atoms with van der Waals surface area (Å²) in [6.45, 7) is 5.65. The summed E-state index contributed by atoms with van der Waals surface area (Å²) in [7, 11) is 1.03. The maximum absolute atomic E-state index is 14.2. The molecule has 1 fully saturated rings. The van der Waals surface area contributed by atoms with Crippen LogP contribution in [0, 0.1) is 0 Å². The van der Waals surface area contributed by atoms with Gasteiger partial charge in [-0.15, -0.1) is 0 Å². The first kappa shape index (κ1) is 61.6. The SMILES string of the molecule is CCCCc1c2c(nc3cc4c(c(NC(=O)OCc5ccc(O[C@@H]6O[C@H](C(=O)OC)[C@@H](OC(C)=O)[C@H](OC(C)=O)[C@H]6OC(C)=O)c(NC(=O)CCNC(=O)OCC6c7ccccc7-c7ccccc76)c5)c13)OCO4)-c1cc3c(c(=O)n1C2)COC(=O)[C@]3(O)CC. The second-order valence-corrected chi connectivity index (χ2v) is 21.9. The molecule has 0 saturated carbocycles. The number of methoxy groups -OCH3 is 1. The van der Waals surface area contributed by atoms with E-state index in [2.05, 4.69) is 16.0 Å². The molecule has 5 aliphatic rings. The molecule has 2 aromatic heterocycles. The predicted molar refractivity (Wildman–Crippen MR) is 314 cm³/mol. The highest BCUT2D eigenvalue weighted by atomic mass is 16.7. The third kappa shape index (κ3) is 11.9. The largest absolute Gasteiger partial charge is 0.467 e. The molecule has 0 radical (unpaired) electrons. The molecule has 3 amide bonds. The Bertz CT molecular complexity index is 3950. The van der Waals surface area contributed by atoms with Gasteiger partial charge in [-0.1, -0.05) is 74.9 Å². The predicted octanol–water partition coefficient (Wildman–Crippen LogP) is 6.84. The van der Waals surface area contributed by atoms with Crippen LogP contribution in [0.25, 0.3) is 33.4 Å². The van der Waals surface area contributed by atoms with Crippen LogP contribution in [0.3, 0.4) is 0 Å². The average Bonchev–Trinajstić information content (AvgIpc) is 1.51. The molecule has 1 saturated heterocycles. The number of carbonyl (C=O) groups is 8. The zero-order chi connectivity index (χ0) is 63.7. The number of aryl methyl sites for hydroxylation is 1.